The normalized spacial score (nSPS) is 14.4. The van der Waals surface area contributed by atoms with E-state index in [1.165, 1.54) is 92.1 Å². The van der Waals surface area contributed by atoms with E-state index in [-0.39, 0.29) is 0 Å². The van der Waals surface area contributed by atoms with Gasteiger partial charge in [0.2, 0.25) is 0 Å². The lowest BCUT2D eigenvalue weighted by atomic mass is 9.70. The van der Waals surface area contributed by atoms with Gasteiger partial charge in [-0.1, -0.05) is 218 Å². The molecule has 0 radical (unpaired) electrons. The van der Waals surface area contributed by atoms with Crippen molar-refractivity contribution in [2.45, 2.75) is 5.41 Å². The molecule has 2 aliphatic carbocycles. The summed E-state index contributed by atoms with van der Waals surface area (Å²) < 4.78 is 0. The van der Waals surface area contributed by atoms with Gasteiger partial charge in [-0.25, -0.2) is 15.0 Å². The summed E-state index contributed by atoms with van der Waals surface area (Å²) in [5.74, 6) is 1.93. The standard InChI is InChI=1S/C62H37N3S/c1-4-19-38(20-5-1)57-55-48-30-15-17-33-52(48)62(56(55)58(66-57)39-21-6-2-7-22-39)51-32-16-14-29-47(51)54-49(31-18-34-53(54)62)61-64-59(40-23-8-3-9-24-40)63-60(65-61)41-35-36-46-44-27-11-10-25-42(44)43-26-12-13-28-45(43)50(46)37-41/h1-37H. The Kier molecular flexibility index (Phi) is 8.07. The highest BCUT2D eigenvalue weighted by Gasteiger charge is 2.55. The van der Waals surface area contributed by atoms with Crippen LogP contribution >= 0.6 is 11.3 Å². The molecule has 0 fully saturated rings. The van der Waals surface area contributed by atoms with Crippen LogP contribution in [0.25, 0.3) is 110 Å². The topological polar surface area (TPSA) is 38.7 Å². The lowest BCUT2D eigenvalue weighted by molar-refractivity contribution is 0.798. The Balaban J connectivity index is 1.05. The van der Waals surface area contributed by atoms with E-state index in [4.69, 9.17) is 15.0 Å². The molecular weight excluding hydrogens is 819 g/mol. The molecule has 0 aliphatic heterocycles. The minimum Gasteiger partial charge on any atom is -0.208 e. The zero-order chi connectivity index (χ0) is 43.3. The highest BCUT2D eigenvalue weighted by Crippen LogP contribution is 2.68. The van der Waals surface area contributed by atoms with Crippen molar-refractivity contribution in [3.63, 3.8) is 0 Å². The number of fused-ring (bicyclic) bond motifs is 16. The molecule has 12 aromatic rings. The fraction of sp³-hybridized carbons (Fsp3) is 0.0161. The van der Waals surface area contributed by atoms with Crippen LogP contribution in [0.15, 0.2) is 224 Å². The van der Waals surface area contributed by atoms with E-state index in [9.17, 15) is 0 Å². The molecule has 14 rings (SSSR count). The molecule has 2 aliphatic rings. The van der Waals surface area contributed by atoms with E-state index < -0.39 is 5.41 Å². The Hall–Kier alpha value is -8.31. The monoisotopic (exact) mass is 855 g/mol. The summed E-state index contributed by atoms with van der Waals surface area (Å²) in [5.41, 5.74) is 14.9. The van der Waals surface area contributed by atoms with Gasteiger partial charge in [0.25, 0.3) is 0 Å². The van der Waals surface area contributed by atoms with Crippen LogP contribution in [0.1, 0.15) is 22.3 Å². The minimum absolute atomic E-state index is 0.594. The van der Waals surface area contributed by atoms with Gasteiger partial charge in [0, 0.05) is 32.0 Å². The van der Waals surface area contributed by atoms with E-state index in [1.807, 2.05) is 17.4 Å². The van der Waals surface area contributed by atoms with Crippen molar-refractivity contribution >= 4 is 43.7 Å². The van der Waals surface area contributed by atoms with Gasteiger partial charge in [0.15, 0.2) is 17.5 Å². The first-order valence-corrected chi connectivity index (χ1v) is 23.3. The quantitative estimate of drug-likeness (QED) is 0.162. The van der Waals surface area contributed by atoms with Crippen molar-refractivity contribution in [3.8, 4) is 77.3 Å². The second-order valence-electron chi connectivity index (χ2n) is 17.3. The van der Waals surface area contributed by atoms with Gasteiger partial charge in [-0.2, -0.15) is 0 Å². The number of thiophene rings is 1. The van der Waals surface area contributed by atoms with Gasteiger partial charge in [-0.3, -0.25) is 0 Å². The van der Waals surface area contributed by atoms with Gasteiger partial charge in [0.05, 0.1) is 5.41 Å². The van der Waals surface area contributed by atoms with Crippen LogP contribution in [0.5, 0.6) is 0 Å². The predicted octanol–water partition coefficient (Wildman–Crippen LogP) is 16.1. The van der Waals surface area contributed by atoms with E-state index in [0.717, 1.165) is 22.3 Å². The zero-order valence-electron chi connectivity index (χ0n) is 35.6. The van der Waals surface area contributed by atoms with Gasteiger partial charge in [0.1, 0.15) is 0 Å². The number of benzene rings is 10. The van der Waals surface area contributed by atoms with E-state index in [2.05, 4.69) is 218 Å². The summed E-state index contributed by atoms with van der Waals surface area (Å²) in [4.78, 5) is 18.7. The van der Waals surface area contributed by atoms with E-state index in [0.29, 0.717) is 17.5 Å². The van der Waals surface area contributed by atoms with Crippen molar-refractivity contribution < 1.29 is 0 Å². The van der Waals surface area contributed by atoms with Crippen molar-refractivity contribution in [2.75, 3.05) is 0 Å². The van der Waals surface area contributed by atoms with Crippen LogP contribution < -0.4 is 0 Å². The van der Waals surface area contributed by atoms with Crippen molar-refractivity contribution in [1.29, 1.82) is 0 Å². The van der Waals surface area contributed by atoms with Gasteiger partial charge in [-0.15, -0.1) is 11.3 Å². The third-order valence-corrected chi connectivity index (χ3v) is 15.2. The minimum atomic E-state index is -0.594. The maximum atomic E-state index is 5.49. The van der Waals surface area contributed by atoms with E-state index >= 15 is 0 Å². The fourth-order valence-electron chi connectivity index (χ4n) is 11.3. The molecule has 0 saturated heterocycles. The maximum absolute atomic E-state index is 5.49. The fourth-order valence-corrected chi connectivity index (χ4v) is 12.6. The summed E-state index contributed by atoms with van der Waals surface area (Å²) in [7, 11) is 0. The molecule has 0 bridgehead atoms. The smallest absolute Gasteiger partial charge is 0.164 e. The molecule has 2 heterocycles. The average Bonchev–Trinajstić information content (AvgIpc) is 4.04. The van der Waals surface area contributed by atoms with Crippen LogP contribution in [0, 0.1) is 0 Å². The molecule has 1 unspecified atom stereocenters. The third-order valence-electron chi connectivity index (χ3n) is 13.9. The molecule has 10 aromatic carbocycles. The Bertz CT molecular complexity index is 3900. The SMILES string of the molecule is c1ccc(-c2nc(-c3ccc4c5ccccc5c5ccccc5c4c3)nc(-c3cccc4c3-c3ccccc3C43c4ccccc4-c4c(-c5ccccc5)sc(-c5ccccc5)c43)n2)cc1. The number of hydrogen-bond donors (Lipinski definition) is 0. The Morgan fingerprint density at radius 1 is 0.288 bits per heavy atom. The van der Waals surface area contributed by atoms with Crippen LogP contribution in [0.4, 0.5) is 0 Å². The Labute approximate surface area is 386 Å². The Morgan fingerprint density at radius 2 is 0.727 bits per heavy atom. The lowest BCUT2D eigenvalue weighted by Gasteiger charge is -2.31. The highest BCUT2D eigenvalue weighted by molar-refractivity contribution is 7.19. The first kappa shape index (κ1) is 37.1. The lowest BCUT2D eigenvalue weighted by Crippen LogP contribution is -2.26. The van der Waals surface area contributed by atoms with Crippen molar-refractivity contribution in [1.82, 2.24) is 15.0 Å². The largest absolute Gasteiger partial charge is 0.208 e. The highest BCUT2D eigenvalue weighted by atomic mass is 32.1. The van der Waals surface area contributed by atoms with E-state index in [1.54, 1.807) is 0 Å². The molecule has 3 nitrogen and oxygen atoms in total. The molecule has 66 heavy (non-hydrogen) atoms. The van der Waals surface area contributed by atoms with Gasteiger partial charge >= 0.3 is 0 Å². The van der Waals surface area contributed by atoms with Crippen LogP contribution in [-0.4, -0.2) is 15.0 Å². The third kappa shape index (κ3) is 5.22. The summed E-state index contributed by atoms with van der Waals surface area (Å²) in [6.07, 6.45) is 0. The van der Waals surface area contributed by atoms with Crippen LogP contribution in [0.2, 0.25) is 0 Å². The van der Waals surface area contributed by atoms with Crippen molar-refractivity contribution in [3.05, 3.63) is 247 Å². The van der Waals surface area contributed by atoms with Crippen LogP contribution in [-0.2, 0) is 5.41 Å². The first-order valence-electron chi connectivity index (χ1n) is 22.5. The number of aromatic nitrogens is 3. The molecule has 4 heteroatoms. The molecule has 0 amide bonds. The summed E-state index contributed by atoms with van der Waals surface area (Å²) in [6.45, 7) is 0. The molecule has 1 spiro atoms. The molecule has 0 saturated carbocycles. The van der Waals surface area contributed by atoms with Gasteiger partial charge in [-0.05, 0) is 88.5 Å². The molecule has 0 N–H and O–H groups in total. The number of hydrogen-bond acceptors (Lipinski definition) is 4. The number of rotatable bonds is 5. The van der Waals surface area contributed by atoms with Crippen LogP contribution in [0.3, 0.4) is 0 Å². The predicted molar refractivity (Wildman–Crippen MR) is 274 cm³/mol. The molecule has 2 aromatic heterocycles. The van der Waals surface area contributed by atoms with Crippen molar-refractivity contribution in [2.24, 2.45) is 0 Å². The second-order valence-corrected chi connectivity index (χ2v) is 18.4. The first-order chi connectivity index (χ1) is 32.8. The second kappa shape index (κ2) is 14.3. The molecule has 1 atom stereocenters. The summed E-state index contributed by atoms with van der Waals surface area (Å²) >= 11 is 1.91. The summed E-state index contributed by atoms with van der Waals surface area (Å²) in [6, 6.07) is 81.3. The molecule has 306 valence electrons. The molecular formula is C62H37N3S. The average molecular weight is 856 g/mol. The summed E-state index contributed by atoms with van der Waals surface area (Å²) in [5, 5.41) is 7.33. The van der Waals surface area contributed by atoms with Gasteiger partial charge < -0.3 is 0 Å². The number of nitrogens with zero attached hydrogens (tertiary/aromatic N) is 3. The zero-order valence-corrected chi connectivity index (χ0v) is 36.4. The maximum Gasteiger partial charge on any atom is 0.164 e. The Morgan fingerprint density at radius 3 is 1.35 bits per heavy atom.